The lowest BCUT2D eigenvalue weighted by molar-refractivity contribution is -0.118. The Labute approximate surface area is 196 Å². The maximum absolute atomic E-state index is 12.4. The highest BCUT2D eigenvalue weighted by atomic mass is 32.2. The van der Waals surface area contributed by atoms with Crippen LogP contribution >= 0.6 is 11.8 Å². The van der Waals surface area contributed by atoms with Gasteiger partial charge < -0.3 is 9.67 Å². The fourth-order valence-electron chi connectivity index (χ4n) is 3.45. The van der Waals surface area contributed by atoms with E-state index in [1.165, 1.54) is 18.0 Å². The molecule has 0 aliphatic rings. The standard InChI is InChI=1S/C26H24N4O2S/c1-2-9-20-12-8-13-21(25(20)32)16-27-29-24(31)18-33-26-28-22-14-6-7-15-23(22)30(26)17-19-10-4-3-5-11-19/h2-8,10-16,32H,1,9,17-18H2,(H,29,31)/b27-16+. The minimum Gasteiger partial charge on any atom is -0.507 e. The van der Waals surface area contributed by atoms with Gasteiger partial charge in [0.05, 0.1) is 29.5 Å². The molecule has 0 aliphatic carbocycles. The lowest BCUT2D eigenvalue weighted by Gasteiger charge is -2.09. The van der Waals surface area contributed by atoms with E-state index in [1.807, 2.05) is 54.6 Å². The number of aromatic hydroxyl groups is 1. The van der Waals surface area contributed by atoms with E-state index >= 15 is 0 Å². The van der Waals surface area contributed by atoms with Gasteiger partial charge in [-0.1, -0.05) is 72.4 Å². The summed E-state index contributed by atoms with van der Waals surface area (Å²) >= 11 is 1.36. The van der Waals surface area contributed by atoms with Crippen LogP contribution in [0.2, 0.25) is 0 Å². The topological polar surface area (TPSA) is 79.5 Å². The molecule has 6 nitrogen and oxygen atoms in total. The van der Waals surface area contributed by atoms with E-state index < -0.39 is 0 Å². The molecular formula is C26H24N4O2S. The van der Waals surface area contributed by atoms with Crippen LogP contribution in [0.5, 0.6) is 5.75 Å². The zero-order chi connectivity index (χ0) is 23.0. The summed E-state index contributed by atoms with van der Waals surface area (Å²) < 4.78 is 2.12. The minimum absolute atomic E-state index is 0.138. The number of carbonyl (C=O) groups excluding carboxylic acids is 1. The van der Waals surface area contributed by atoms with Gasteiger partial charge in [0.25, 0.3) is 5.91 Å². The van der Waals surface area contributed by atoms with Crippen molar-refractivity contribution in [2.75, 3.05) is 5.75 Å². The number of imidazole rings is 1. The summed E-state index contributed by atoms with van der Waals surface area (Å²) in [4.78, 5) is 17.1. The molecule has 1 aromatic heterocycles. The van der Waals surface area contributed by atoms with Crippen LogP contribution < -0.4 is 5.43 Å². The first kappa shape index (κ1) is 22.4. The molecule has 0 saturated heterocycles. The van der Waals surface area contributed by atoms with Crippen molar-refractivity contribution < 1.29 is 9.90 Å². The number of thioether (sulfide) groups is 1. The molecule has 0 bridgehead atoms. The Morgan fingerprint density at radius 1 is 1.09 bits per heavy atom. The number of hydrazone groups is 1. The van der Waals surface area contributed by atoms with Crippen LogP contribution in [0.3, 0.4) is 0 Å². The summed E-state index contributed by atoms with van der Waals surface area (Å²) in [6.45, 7) is 4.36. The van der Waals surface area contributed by atoms with Gasteiger partial charge in [0.2, 0.25) is 0 Å². The molecular weight excluding hydrogens is 432 g/mol. The highest BCUT2D eigenvalue weighted by Crippen LogP contribution is 2.25. The molecule has 0 radical (unpaired) electrons. The average molecular weight is 457 g/mol. The van der Waals surface area contributed by atoms with Gasteiger partial charge in [0.1, 0.15) is 5.75 Å². The summed E-state index contributed by atoms with van der Waals surface area (Å²) in [5.74, 6) is 0.0495. The number of fused-ring (bicyclic) bond motifs is 1. The minimum atomic E-state index is -0.253. The van der Waals surface area contributed by atoms with Crippen LogP contribution in [0.1, 0.15) is 16.7 Å². The lowest BCUT2D eigenvalue weighted by atomic mass is 10.1. The summed E-state index contributed by atoms with van der Waals surface area (Å²) in [6, 6.07) is 23.5. The van der Waals surface area contributed by atoms with E-state index in [-0.39, 0.29) is 17.4 Å². The zero-order valence-corrected chi connectivity index (χ0v) is 18.8. The maximum atomic E-state index is 12.4. The molecule has 4 rings (SSSR count). The van der Waals surface area contributed by atoms with Crippen molar-refractivity contribution in [1.82, 2.24) is 15.0 Å². The number of hydrogen-bond acceptors (Lipinski definition) is 5. The van der Waals surface area contributed by atoms with E-state index in [2.05, 4.69) is 33.8 Å². The molecule has 0 spiro atoms. The Bertz CT molecular complexity index is 1300. The van der Waals surface area contributed by atoms with E-state index in [0.29, 0.717) is 18.5 Å². The van der Waals surface area contributed by atoms with Crippen molar-refractivity contribution in [3.05, 3.63) is 102 Å². The van der Waals surface area contributed by atoms with Crippen LogP contribution in [-0.2, 0) is 17.8 Å². The van der Waals surface area contributed by atoms with Gasteiger partial charge in [0, 0.05) is 5.56 Å². The van der Waals surface area contributed by atoms with Crippen LogP contribution in [0, 0.1) is 0 Å². The van der Waals surface area contributed by atoms with Crippen molar-refractivity contribution >= 4 is 34.9 Å². The molecule has 33 heavy (non-hydrogen) atoms. The van der Waals surface area contributed by atoms with Crippen molar-refractivity contribution in [3.63, 3.8) is 0 Å². The van der Waals surface area contributed by atoms with Gasteiger partial charge in [-0.15, -0.1) is 6.58 Å². The second-order valence-electron chi connectivity index (χ2n) is 7.38. The van der Waals surface area contributed by atoms with Gasteiger partial charge in [-0.25, -0.2) is 10.4 Å². The molecule has 7 heteroatoms. The van der Waals surface area contributed by atoms with E-state index in [1.54, 1.807) is 12.1 Å². The van der Waals surface area contributed by atoms with E-state index in [9.17, 15) is 9.90 Å². The molecule has 1 heterocycles. The maximum Gasteiger partial charge on any atom is 0.250 e. The van der Waals surface area contributed by atoms with Crippen molar-refractivity contribution in [1.29, 1.82) is 0 Å². The number of allylic oxidation sites excluding steroid dienone is 1. The zero-order valence-electron chi connectivity index (χ0n) is 18.0. The van der Waals surface area contributed by atoms with Crippen LogP contribution in [0.15, 0.2) is 95.7 Å². The first-order valence-corrected chi connectivity index (χ1v) is 11.5. The van der Waals surface area contributed by atoms with Gasteiger partial charge in [-0.3, -0.25) is 4.79 Å². The average Bonchev–Trinajstić information content (AvgIpc) is 3.18. The number of benzene rings is 3. The number of phenols is 1. The summed E-state index contributed by atoms with van der Waals surface area (Å²) in [6.07, 6.45) is 3.72. The van der Waals surface area contributed by atoms with Crippen molar-refractivity contribution in [2.24, 2.45) is 5.10 Å². The number of para-hydroxylation sites is 3. The predicted octanol–water partition coefficient (Wildman–Crippen LogP) is 4.76. The van der Waals surface area contributed by atoms with E-state index in [0.717, 1.165) is 27.3 Å². The number of rotatable bonds is 9. The predicted molar refractivity (Wildman–Crippen MR) is 134 cm³/mol. The summed E-state index contributed by atoms with van der Waals surface area (Å²) in [5.41, 5.74) is 6.90. The van der Waals surface area contributed by atoms with Crippen LogP contribution in [0.25, 0.3) is 11.0 Å². The van der Waals surface area contributed by atoms with Crippen LogP contribution in [-0.4, -0.2) is 32.5 Å². The smallest absolute Gasteiger partial charge is 0.250 e. The van der Waals surface area contributed by atoms with Gasteiger partial charge in [-0.2, -0.15) is 5.10 Å². The number of nitrogens with zero attached hydrogens (tertiary/aromatic N) is 3. The molecule has 4 aromatic rings. The van der Waals surface area contributed by atoms with Gasteiger partial charge in [-0.05, 0) is 35.7 Å². The number of hydrogen-bond donors (Lipinski definition) is 2. The summed E-state index contributed by atoms with van der Waals surface area (Å²) in [5, 5.41) is 15.1. The third-order valence-corrected chi connectivity index (χ3v) is 6.02. The number of amides is 1. The van der Waals surface area contributed by atoms with Gasteiger partial charge in [0.15, 0.2) is 5.16 Å². The number of carbonyl (C=O) groups is 1. The molecule has 1 amide bonds. The normalized spacial score (nSPS) is 11.2. The Hall–Kier alpha value is -3.84. The molecule has 2 N–H and O–H groups in total. The second-order valence-corrected chi connectivity index (χ2v) is 8.33. The second kappa shape index (κ2) is 10.7. The highest BCUT2D eigenvalue weighted by Gasteiger charge is 2.13. The molecule has 0 unspecified atom stereocenters. The SMILES string of the molecule is C=CCc1cccc(/C=N/NC(=O)CSc2nc3ccccc3n2Cc2ccccc2)c1O. The first-order valence-electron chi connectivity index (χ1n) is 10.5. The number of nitrogens with one attached hydrogen (secondary N) is 1. The Morgan fingerprint density at radius 3 is 2.70 bits per heavy atom. The third-order valence-electron chi connectivity index (χ3n) is 5.04. The molecule has 0 atom stereocenters. The fourth-order valence-corrected chi connectivity index (χ4v) is 4.26. The molecule has 166 valence electrons. The quantitative estimate of drug-likeness (QED) is 0.165. The summed E-state index contributed by atoms with van der Waals surface area (Å²) in [7, 11) is 0. The first-order chi connectivity index (χ1) is 16.2. The number of aromatic nitrogens is 2. The van der Waals surface area contributed by atoms with Crippen molar-refractivity contribution in [3.8, 4) is 5.75 Å². The number of phenolic OH excluding ortho intramolecular Hbond substituents is 1. The monoisotopic (exact) mass is 456 g/mol. The fraction of sp³-hybridized carbons (Fsp3) is 0.115. The lowest BCUT2D eigenvalue weighted by Crippen LogP contribution is -2.20. The molecule has 0 fully saturated rings. The van der Waals surface area contributed by atoms with Gasteiger partial charge >= 0.3 is 0 Å². The molecule has 0 aliphatic heterocycles. The Kier molecular flexibility index (Phi) is 7.22. The Morgan fingerprint density at radius 2 is 1.88 bits per heavy atom. The van der Waals surface area contributed by atoms with Crippen LogP contribution in [0.4, 0.5) is 0 Å². The largest absolute Gasteiger partial charge is 0.507 e. The molecule has 0 saturated carbocycles. The highest BCUT2D eigenvalue weighted by molar-refractivity contribution is 7.99. The Balaban J connectivity index is 1.43. The van der Waals surface area contributed by atoms with Crippen molar-refractivity contribution in [2.45, 2.75) is 18.1 Å². The van der Waals surface area contributed by atoms with E-state index in [4.69, 9.17) is 4.98 Å². The molecule has 3 aromatic carbocycles. The third kappa shape index (κ3) is 5.51.